The summed E-state index contributed by atoms with van der Waals surface area (Å²) in [5.41, 5.74) is 0.903. The van der Waals surface area contributed by atoms with Gasteiger partial charge in [-0.1, -0.05) is 0 Å². The highest BCUT2D eigenvalue weighted by Crippen LogP contribution is 2.27. The molecule has 1 fully saturated rings. The Hall–Kier alpha value is -1.40. The Morgan fingerprint density at radius 3 is 3.12 bits per heavy atom. The predicted molar refractivity (Wildman–Crippen MR) is 63.7 cm³/mol. The lowest BCUT2D eigenvalue weighted by atomic mass is 10.2. The van der Waals surface area contributed by atoms with Gasteiger partial charge in [0.05, 0.1) is 18.2 Å². The Morgan fingerprint density at radius 1 is 1.76 bits per heavy atom. The Labute approximate surface area is 102 Å². The summed E-state index contributed by atoms with van der Waals surface area (Å²) in [5, 5.41) is 8.95. The summed E-state index contributed by atoms with van der Waals surface area (Å²) in [6, 6.07) is 1.70. The van der Waals surface area contributed by atoms with Gasteiger partial charge in [0.2, 0.25) is 0 Å². The van der Waals surface area contributed by atoms with Crippen LogP contribution in [0.2, 0.25) is 0 Å². The van der Waals surface area contributed by atoms with Gasteiger partial charge < -0.3 is 14.4 Å². The van der Waals surface area contributed by atoms with Crippen LogP contribution in [-0.2, 0) is 11.3 Å². The molecule has 1 aliphatic heterocycles. The minimum absolute atomic E-state index is 0.249. The lowest BCUT2D eigenvalue weighted by Gasteiger charge is -2.27. The van der Waals surface area contributed by atoms with Crippen molar-refractivity contribution in [3.8, 4) is 0 Å². The predicted octanol–water partition coefficient (Wildman–Crippen LogP) is 1.89. The Balaban J connectivity index is 2.01. The number of carbonyl (C=O) groups is 1. The maximum absolute atomic E-state index is 10.9. The fraction of sp³-hybridized carbons (Fsp3) is 0.455. The molecule has 0 spiro atoms. The highest BCUT2D eigenvalue weighted by atomic mass is 32.1. The van der Waals surface area contributed by atoms with Crippen LogP contribution in [-0.4, -0.2) is 33.3 Å². The normalized spacial score (nSPS) is 19.5. The summed E-state index contributed by atoms with van der Waals surface area (Å²) in [5.74, 6) is 0.0239. The third-order valence-corrected chi connectivity index (χ3v) is 4.03. The van der Waals surface area contributed by atoms with Gasteiger partial charge in [0.15, 0.2) is 0 Å². The molecule has 1 saturated heterocycles. The summed E-state index contributed by atoms with van der Waals surface area (Å²) in [6.07, 6.45) is 1.31. The first kappa shape index (κ1) is 10.7. The van der Waals surface area contributed by atoms with E-state index in [1.165, 1.54) is 11.3 Å². The minimum Gasteiger partial charge on any atom is -0.477 e. The molecular weight excluding hydrogens is 240 g/mol. The molecule has 0 saturated carbocycles. The van der Waals surface area contributed by atoms with Crippen molar-refractivity contribution in [2.45, 2.75) is 26.0 Å². The zero-order valence-corrected chi connectivity index (χ0v) is 10.2. The number of hydrogen-bond acceptors (Lipinski definition) is 4. The first-order chi connectivity index (χ1) is 8.15. The van der Waals surface area contributed by atoms with Gasteiger partial charge in [-0.25, -0.2) is 9.78 Å². The Morgan fingerprint density at radius 2 is 2.53 bits per heavy atom. The molecule has 2 aromatic heterocycles. The van der Waals surface area contributed by atoms with Crippen LogP contribution in [0.4, 0.5) is 0 Å². The van der Waals surface area contributed by atoms with Gasteiger partial charge in [0.25, 0.3) is 0 Å². The minimum atomic E-state index is -0.892. The van der Waals surface area contributed by atoms with Crippen molar-refractivity contribution in [1.29, 1.82) is 0 Å². The average Bonchev–Trinajstić information content (AvgIpc) is 2.70. The van der Waals surface area contributed by atoms with Crippen molar-refractivity contribution < 1.29 is 14.6 Å². The van der Waals surface area contributed by atoms with E-state index in [9.17, 15) is 4.79 Å². The van der Waals surface area contributed by atoms with Crippen molar-refractivity contribution in [3.63, 3.8) is 0 Å². The summed E-state index contributed by atoms with van der Waals surface area (Å²) in [6.45, 7) is 3.52. The van der Waals surface area contributed by atoms with Crippen molar-refractivity contribution in [3.05, 3.63) is 16.8 Å². The topological polar surface area (TPSA) is 64.3 Å². The standard InChI is InChI=1S/C11H12N2O3S/c1-6-12-10-8(4-9(17-10)11(14)15)13(6)5-7-2-3-16-7/h4,7H,2-3,5H2,1H3,(H,14,15)/t7-/m0/s1. The molecule has 0 aliphatic carbocycles. The van der Waals surface area contributed by atoms with Crippen LogP contribution < -0.4 is 0 Å². The fourth-order valence-electron chi connectivity index (χ4n) is 1.99. The fourth-order valence-corrected chi connectivity index (χ4v) is 2.91. The molecule has 0 amide bonds. The number of rotatable bonds is 3. The van der Waals surface area contributed by atoms with Crippen LogP contribution in [0.15, 0.2) is 6.07 Å². The number of aromatic nitrogens is 2. The quantitative estimate of drug-likeness (QED) is 0.906. The number of aromatic carboxylic acids is 1. The van der Waals surface area contributed by atoms with Crippen LogP contribution in [0.5, 0.6) is 0 Å². The van der Waals surface area contributed by atoms with E-state index < -0.39 is 5.97 Å². The number of carboxylic acids is 1. The van der Waals surface area contributed by atoms with Gasteiger partial charge in [0, 0.05) is 6.61 Å². The molecule has 1 N–H and O–H groups in total. The number of fused-ring (bicyclic) bond motifs is 1. The Bertz CT molecular complexity index is 583. The third kappa shape index (κ3) is 1.73. The largest absolute Gasteiger partial charge is 0.477 e. The molecule has 5 nitrogen and oxygen atoms in total. The molecule has 3 rings (SSSR count). The number of ether oxygens (including phenoxy) is 1. The van der Waals surface area contributed by atoms with E-state index in [2.05, 4.69) is 4.98 Å². The van der Waals surface area contributed by atoms with Crippen LogP contribution in [0.25, 0.3) is 10.3 Å². The van der Waals surface area contributed by atoms with Gasteiger partial charge in [-0.2, -0.15) is 0 Å². The van der Waals surface area contributed by atoms with Crippen molar-refractivity contribution in [2.24, 2.45) is 0 Å². The SMILES string of the molecule is Cc1nc2sc(C(=O)O)cc2n1C[C@@H]1CCO1. The number of thiophene rings is 1. The number of imidazole rings is 1. The second kappa shape index (κ2) is 3.82. The molecule has 90 valence electrons. The molecule has 0 bridgehead atoms. The summed E-state index contributed by atoms with van der Waals surface area (Å²) >= 11 is 1.22. The van der Waals surface area contributed by atoms with Gasteiger partial charge in [0.1, 0.15) is 15.5 Å². The molecule has 6 heteroatoms. The molecule has 0 aromatic carbocycles. The van der Waals surface area contributed by atoms with Gasteiger partial charge in [-0.3, -0.25) is 0 Å². The van der Waals surface area contributed by atoms with E-state index in [1.807, 2.05) is 11.5 Å². The molecular formula is C11H12N2O3S. The first-order valence-corrected chi connectivity index (χ1v) is 6.28. The number of hydrogen-bond donors (Lipinski definition) is 1. The first-order valence-electron chi connectivity index (χ1n) is 5.46. The molecule has 0 radical (unpaired) electrons. The lowest BCUT2D eigenvalue weighted by Crippen LogP contribution is -2.31. The zero-order valence-electron chi connectivity index (χ0n) is 9.34. The van der Waals surface area contributed by atoms with E-state index >= 15 is 0 Å². The third-order valence-electron chi connectivity index (χ3n) is 3.03. The van der Waals surface area contributed by atoms with Crippen molar-refractivity contribution in [2.75, 3.05) is 6.61 Å². The molecule has 0 unspecified atom stereocenters. The summed E-state index contributed by atoms with van der Waals surface area (Å²) < 4.78 is 7.44. The summed E-state index contributed by atoms with van der Waals surface area (Å²) in [7, 11) is 0. The van der Waals surface area contributed by atoms with E-state index in [4.69, 9.17) is 9.84 Å². The maximum Gasteiger partial charge on any atom is 0.346 e. The monoisotopic (exact) mass is 252 g/mol. The van der Waals surface area contributed by atoms with Gasteiger partial charge in [-0.15, -0.1) is 11.3 Å². The smallest absolute Gasteiger partial charge is 0.346 e. The molecule has 1 atom stereocenters. The van der Waals surface area contributed by atoms with Gasteiger partial charge in [-0.05, 0) is 19.4 Å². The second-order valence-electron chi connectivity index (χ2n) is 4.16. The lowest BCUT2D eigenvalue weighted by molar-refractivity contribution is -0.0589. The second-order valence-corrected chi connectivity index (χ2v) is 5.19. The highest BCUT2D eigenvalue weighted by Gasteiger charge is 2.22. The van der Waals surface area contributed by atoms with Crippen molar-refractivity contribution in [1.82, 2.24) is 9.55 Å². The van der Waals surface area contributed by atoms with E-state index in [-0.39, 0.29) is 6.10 Å². The van der Waals surface area contributed by atoms with Crippen LogP contribution in [0, 0.1) is 6.92 Å². The molecule has 17 heavy (non-hydrogen) atoms. The van der Waals surface area contributed by atoms with Crippen LogP contribution >= 0.6 is 11.3 Å². The Kier molecular flexibility index (Phi) is 2.41. The van der Waals surface area contributed by atoms with E-state index in [0.717, 1.165) is 35.7 Å². The van der Waals surface area contributed by atoms with Crippen molar-refractivity contribution >= 4 is 27.7 Å². The molecule has 2 aromatic rings. The van der Waals surface area contributed by atoms with E-state index in [0.29, 0.717) is 4.88 Å². The summed E-state index contributed by atoms with van der Waals surface area (Å²) in [4.78, 5) is 16.4. The maximum atomic E-state index is 10.9. The number of aryl methyl sites for hydroxylation is 1. The van der Waals surface area contributed by atoms with E-state index in [1.54, 1.807) is 6.07 Å². The highest BCUT2D eigenvalue weighted by molar-refractivity contribution is 7.20. The average molecular weight is 252 g/mol. The zero-order chi connectivity index (χ0) is 12.0. The number of carboxylic acid groups (broad SMARTS) is 1. The van der Waals surface area contributed by atoms with Gasteiger partial charge >= 0.3 is 5.97 Å². The molecule has 1 aliphatic rings. The number of nitrogens with zero attached hydrogens (tertiary/aromatic N) is 2. The van der Waals surface area contributed by atoms with Crippen LogP contribution in [0.3, 0.4) is 0 Å². The van der Waals surface area contributed by atoms with Crippen LogP contribution in [0.1, 0.15) is 21.9 Å². The molecule has 3 heterocycles.